The molecule has 1 aliphatic carbocycles. The van der Waals surface area contributed by atoms with E-state index in [1.807, 2.05) is 60.7 Å². The number of hydrogen-bond donors (Lipinski definition) is 0. The predicted molar refractivity (Wildman–Crippen MR) is 98.7 cm³/mol. The zero-order chi connectivity index (χ0) is 19.5. The Hall–Kier alpha value is -3.35. The predicted octanol–water partition coefficient (Wildman–Crippen LogP) is 3.29. The third-order valence-corrected chi connectivity index (χ3v) is 4.96. The van der Waals surface area contributed by atoms with E-state index in [9.17, 15) is 14.4 Å². The van der Waals surface area contributed by atoms with E-state index in [1.165, 1.54) is 5.01 Å². The van der Waals surface area contributed by atoms with E-state index in [-0.39, 0.29) is 31.5 Å². The van der Waals surface area contributed by atoms with Crippen molar-refractivity contribution in [2.75, 3.05) is 0 Å². The van der Waals surface area contributed by atoms with Crippen LogP contribution in [0.2, 0.25) is 0 Å². The standard InChI is InChI=1S/C21H20N2O5/c24-19-12-17-11-18(19)23(21(26)28-14-16-9-5-2-6-10-16)22(17)20(25)27-13-15-7-3-1-4-8-15/h1-10,17-18H,11-14H2. The lowest BCUT2D eigenvalue weighted by Crippen LogP contribution is -2.56. The lowest BCUT2D eigenvalue weighted by atomic mass is 10.2. The first-order valence-corrected chi connectivity index (χ1v) is 9.16. The van der Waals surface area contributed by atoms with E-state index >= 15 is 0 Å². The third-order valence-electron chi connectivity index (χ3n) is 4.96. The van der Waals surface area contributed by atoms with Crippen molar-refractivity contribution >= 4 is 18.0 Å². The highest BCUT2D eigenvalue weighted by molar-refractivity contribution is 5.93. The van der Waals surface area contributed by atoms with Crippen molar-refractivity contribution in [3.8, 4) is 0 Å². The van der Waals surface area contributed by atoms with Crippen molar-refractivity contribution in [2.24, 2.45) is 0 Å². The second kappa shape index (κ2) is 7.72. The molecule has 2 atom stereocenters. The topological polar surface area (TPSA) is 76.2 Å². The van der Waals surface area contributed by atoms with Gasteiger partial charge >= 0.3 is 12.2 Å². The second-order valence-electron chi connectivity index (χ2n) is 6.85. The number of fused-ring (bicyclic) bond motifs is 2. The molecule has 2 fully saturated rings. The smallest absolute Gasteiger partial charge is 0.430 e. The number of amides is 2. The fraction of sp³-hybridized carbons (Fsp3) is 0.286. The fourth-order valence-corrected chi connectivity index (χ4v) is 3.61. The van der Waals surface area contributed by atoms with Gasteiger partial charge in [-0.25, -0.2) is 19.6 Å². The molecular weight excluding hydrogens is 360 g/mol. The molecule has 2 unspecified atom stereocenters. The van der Waals surface area contributed by atoms with E-state index in [0.717, 1.165) is 16.1 Å². The van der Waals surface area contributed by atoms with Crippen molar-refractivity contribution in [3.05, 3.63) is 71.8 Å². The van der Waals surface area contributed by atoms with Crippen molar-refractivity contribution in [1.29, 1.82) is 0 Å². The van der Waals surface area contributed by atoms with E-state index in [1.54, 1.807) is 0 Å². The van der Waals surface area contributed by atoms with Crippen LogP contribution in [-0.4, -0.2) is 40.1 Å². The maximum absolute atomic E-state index is 12.6. The number of nitrogens with zero attached hydrogens (tertiary/aromatic N) is 2. The van der Waals surface area contributed by atoms with Gasteiger partial charge < -0.3 is 9.47 Å². The molecule has 4 rings (SSSR count). The first-order valence-electron chi connectivity index (χ1n) is 9.16. The molecule has 2 aromatic rings. The van der Waals surface area contributed by atoms with Crippen LogP contribution < -0.4 is 0 Å². The maximum atomic E-state index is 12.6. The van der Waals surface area contributed by atoms with Gasteiger partial charge in [-0.2, -0.15) is 0 Å². The molecule has 0 radical (unpaired) electrons. The zero-order valence-corrected chi connectivity index (χ0v) is 15.2. The highest BCUT2D eigenvalue weighted by atomic mass is 16.6. The maximum Gasteiger partial charge on any atom is 0.430 e. The van der Waals surface area contributed by atoms with Gasteiger partial charge in [-0.15, -0.1) is 0 Å². The number of rotatable bonds is 4. The Morgan fingerprint density at radius 3 is 1.86 bits per heavy atom. The van der Waals surface area contributed by atoms with Crippen LogP contribution in [0.5, 0.6) is 0 Å². The van der Waals surface area contributed by atoms with Gasteiger partial charge in [0.25, 0.3) is 0 Å². The lowest BCUT2D eigenvalue weighted by Gasteiger charge is -2.35. The number of benzene rings is 2. The minimum Gasteiger partial charge on any atom is -0.443 e. The summed E-state index contributed by atoms with van der Waals surface area (Å²) in [6.07, 6.45) is -0.727. The van der Waals surface area contributed by atoms with Crippen LogP contribution in [0.15, 0.2) is 60.7 Å². The summed E-state index contributed by atoms with van der Waals surface area (Å²) >= 11 is 0. The number of ketones is 1. The van der Waals surface area contributed by atoms with Gasteiger partial charge in [0, 0.05) is 12.8 Å². The molecule has 2 aromatic carbocycles. The Morgan fingerprint density at radius 2 is 1.32 bits per heavy atom. The molecule has 1 saturated heterocycles. The van der Waals surface area contributed by atoms with Crippen molar-refractivity contribution in [2.45, 2.75) is 38.1 Å². The summed E-state index contributed by atoms with van der Waals surface area (Å²) in [5.41, 5.74) is 1.67. The molecule has 0 aromatic heterocycles. The largest absolute Gasteiger partial charge is 0.443 e. The normalized spacial score (nSPS) is 20.4. The molecule has 7 heteroatoms. The summed E-state index contributed by atoms with van der Waals surface area (Å²) < 4.78 is 10.7. The van der Waals surface area contributed by atoms with E-state index < -0.39 is 18.2 Å². The molecule has 7 nitrogen and oxygen atoms in total. The SMILES string of the molecule is O=C1CC2CC1N(C(=O)OCc1ccccc1)N2C(=O)OCc1ccccc1. The van der Waals surface area contributed by atoms with Gasteiger partial charge in [0.2, 0.25) is 0 Å². The molecule has 2 aliphatic rings. The van der Waals surface area contributed by atoms with E-state index in [0.29, 0.717) is 6.42 Å². The van der Waals surface area contributed by atoms with Crippen LogP contribution in [0.1, 0.15) is 24.0 Å². The van der Waals surface area contributed by atoms with Crippen molar-refractivity contribution in [3.63, 3.8) is 0 Å². The Morgan fingerprint density at radius 1 is 0.821 bits per heavy atom. The molecular formula is C21H20N2O5. The summed E-state index contributed by atoms with van der Waals surface area (Å²) in [7, 11) is 0. The third kappa shape index (κ3) is 3.55. The minimum atomic E-state index is -0.721. The molecule has 0 N–H and O–H groups in total. The summed E-state index contributed by atoms with van der Waals surface area (Å²) in [5, 5.41) is 2.36. The van der Waals surface area contributed by atoms with Crippen molar-refractivity contribution in [1.82, 2.24) is 10.0 Å². The molecule has 28 heavy (non-hydrogen) atoms. The Labute approximate surface area is 162 Å². The number of ether oxygens (including phenoxy) is 2. The monoisotopic (exact) mass is 380 g/mol. The van der Waals surface area contributed by atoms with Crippen molar-refractivity contribution < 1.29 is 23.9 Å². The second-order valence-corrected chi connectivity index (χ2v) is 6.85. The van der Waals surface area contributed by atoms with Crippen LogP contribution in [0.25, 0.3) is 0 Å². The molecule has 1 saturated carbocycles. The Bertz CT molecular complexity index is 871. The average Bonchev–Trinajstić information content (AvgIpc) is 3.29. The zero-order valence-electron chi connectivity index (χ0n) is 15.2. The van der Waals surface area contributed by atoms with Gasteiger partial charge in [0.1, 0.15) is 19.3 Å². The van der Waals surface area contributed by atoms with Crippen LogP contribution in [0, 0.1) is 0 Å². The minimum absolute atomic E-state index is 0.0613. The van der Waals surface area contributed by atoms with Crippen LogP contribution in [0.4, 0.5) is 9.59 Å². The fourth-order valence-electron chi connectivity index (χ4n) is 3.61. The Balaban J connectivity index is 1.43. The number of carbonyl (C=O) groups is 3. The Kier molecular flexibility index (Phi) is 4.97. The summed E-state index contributed by atoms with van der Waals surface area (Å²) in [5.74, 6) is -0.0613. The highest BCUT2D eigenvalue weighted by Crippen LogP contribution is 2.36. The van der Waals surface area contributed by atoms with E-state index in [2.05, 4.69) is 0 Å². The van der Waals surface area contributed by atoms with Gasteiger partial charge in [0.05, 0.1) is 6.04 Å². The quantitative estimate of drug-likeness (QED) is 0.814. The number of hydrazine groups is 1. The summed E-state index contributed by atoms with van der Waals surface area (Å²) in [6.45, 7) is 0.156. The van der Waals surface area contributed by atoms with Crippen LogP contribution in [0.3, 0.4) is 0 Å². The van der Waals surface area contributed by atoms with Crippen LogP contribution >= 0.6 is 0 Å². The van der Waals surface area contributed by atoms with Gasteiger partial charge in [-0.05, 0) is 11.1 Å². The molecule has 0 spiro atoms. The molecule has 2 bridgehead atoms. The van der Waals surface area contributed by atoms with Gasteiger partial charge in [0.15, 0.2) is 5.78 Å². The molecule has 144 valence electrons. The van der Waals surface area contributed by atoms with Crippen LogP contribution in [-0.2, 0) is 27.5 Å². The summed E-state index contributed by atoms with van der Waals surface area (Å²) in [6, 6.07) is 17.5. The molecule has 1 aliphatic heterocycles. The molecule has 2 amide bonds. The lowest BCUT2D eigenvalue weighted by molar-refractivity contribution is -0.130. The van der Waals surface area contributed by atoms with Gasteiger partial charge in [-0.3, -0.25) is 4.79 Å². The average molecular weight is 380 g/mol. The molecule has 1 heterocycles. The number of Topliss-reactive ketones (excluding diaryl/α,β-unsaturated/α-hetero) is 1. The van der Waals surface area contributed by atoms with Gasteiger partial charge in [-0.1, -0.05) is 60.7 Å². The number of carbonyl (C=O) groups excluding carboxylic acids is 3. The van der Waals surface area contributed by atoms with E-state index in [4.69, 9.17) is 9.47 Å². The first kappa shape index (κ1) is 18.0. The number of hydrogen-bond acceptors (Lipinski definition) is 5. The first-order chi connectivity index (χ1) is 13.6. The highest BCUT2D eigenvalue weighted by Gasteiger charge is 2.55. The summed E-state index contributed by atoms with van der Waals surface area (Å²) in [4.78, 5) is 37.4.